The fourth-order valence-electron chi connectivity index (χ4n) is 1.99. The van der Waals surface area contributed by atoms with Crippen LogP contribution in [0.2, 0.25) is 0 Å². The van der Waals surface area contributed by atoms with Crippen LogP contribution in [0.4, 0.5) is 5.69 Å². The van der Waals surface area contributed by atoms with E-state index in [-0.39, 0.29) is 17.9 Å². The van der Waals surface area contributed by atoms with E-state index >= 15 is 0 Å². The normalized spacial score (nSPS) is 11.0. The average molecular weight is 278 g/mol. The Morgan fingerprint density at radius 2 is 2.00 bits per heavy atom. The van der Waals surface area contributed by atoms with Gasteiger partial charge in [-0.25, -0.2) is 9.97 Å². The van der Waals surface area contributed by atoms with E-state index in [1.165, 1.54) is 0 Å². The highest BCUT2D eigenvalue weighted by Crippen LogP contribution is 2.18. The molecular weight excluding hydrogens is 252 g/mol. The monoisotopic (exact) mass is 278 g/mol. The first kappa shape index (κ1) is 16.4. The Hall–Kier alpha value is -1.65. The smallest absolute Gasteiger partial charge is 0.274 e. The van der Waals surface area contributed by atoms with Crippen LogP contribution in [0.25, 0.3) is 0 Å². The van der Waals surface area contributed by atoms with Crippen molar-refractivity contribution in [3.05, 3.63) is 17.7 Å². The maximum Gasteiger partial charge on any atom is 0.274 e. The number of rotatable bonds is 6. The van der Waals surface area contributed by atoms with Crippen molar-refractivity contribution < 1.29 is 4.79 Å². The molecule has 1 heterocycles. The van der Waals surface area contributed by atoms with Gasteiger partial charge >= 0.3 is 0 Å². The van der Waals surface area contributed by atoms with Crippen molar-refractivity contribution in [2.75, 3.05) is 18.9 Å². The molecule has 112 valence electrons. The van der Waals surface area contributed by atoms with Crippen LogP contribution in [-0.2, 0) is 0 Å². The lowest BCUT2D eigenvalue weighted by molar-refractivity contribution is 0.0700. The van der Waals surface area contributed by atoms with Gasteiger partial charge in [0.25, 0.3) is 5.91 Å². The van der Waals surface area contributed by atoms with Gasteiger partial charge in [0.15, 0.2) is 5.69 Å². The molecule has 1 rings (SSSR count). The molecule has 5 heteroatoms. The molecule has 1 N–H and O–H groups in total. The summed E-state index contributed by atoms with van der Waals surface area (Å²) in [6, 6.07) is 0.157. The molecule has 0 aliphatic rings. The van der Waals surface area contributed by atoms with Crippen LogP contribution >= 0.6 is 0 Å². The summed E-state index contributed by atoms with van der Waals surface area (Å²) in [5, 5.41) is 3.01. The maximum absolute atomic E-state index is 12.7. The highest BCUT2D eigenvalue weighted by atomic mass is 16.2. The van der Waals surface area contributed by atoms with Crippen LogP contribution in [0, 0.1) is 0 Å². The first-order valence-electron chi connectivity index (χ1n) is 7.28. The summed E-state index contributed by atoms with van der Waals surface area (Å²) in [4.78, 5) is 23.3. The van der Waals surface area contributed by atoms with E-state index in [1.807, 2.05) is 32.6 Å². The van der Waals surface area contributed by atoms with Gasteiger partial charge in [0, 0.05) is 25.6 Å². The third-order valence-electron chi connectivity index (χ3n) is 3.14. The van der Waals surface area contributed by atoms with Gasteiger partial charge < -0.3 is 10.2 Å². The van der Waals surface area contributed by atoms with Gasteiger partial charge in [0.1, 0.15) is 5.82 Å². The lowest BCUT2D eigenvalue weighted by Gasteiger charge is -2.26. The predicted molar refractivity (Wildman–Crippen MR) is 82.1 cm³/mol. The van der Waals surface area contributed by atoms with E-state index in [0.717, 1.165) is 13.0 Å². The molecule has 1 aromatic rings. The SMILES string of the molecule is CCCN(C(=O)c1nc(C(C)C)ncc1NC)C(C)C. The summed E-state index contributed by atoms with van der Waals surface area (Å²) in [5.41, 5.74) is 1.15. The Morgan fingerprint density at radius 3 is 2.45 bits per heavy atom. The van der Waals surface area contributed by atoms with Crippen molar-refractivity contribution >= 4 is 11.6 Å². The molecule has 0 saturated carbocycles. The van der Waals surface area contributed by atoms with Gasteiger partial charge in [0.05, 0.1) is 11.9 Å². The topological polar surface area (TPSA) is 58.1 Å². The number of nitrogens with zero attached hydrogens (tertiary/aromatic N) is 3. The standard InChI is InChI=1S/C15H26N4O/c1-7-8-19(11(4)5)15(20)13-12(16-6)9-17-14(18-13)10(2)3/h9-11,16H,7-8H2,1-6H3. The number of hydrogen-bond donors (Lipinski definition) is 1. The Labute approximate surface area is 121 Å². The number of amides is 1. The van der Waals surface area contributed by atoms with E-state index in [9.17, 15) is 4.79 Å². The molecule has 0 unspecified atom stereocenters. The fourth-order valence-corrected chi connectivity index (χ4v) is 1.99. The predicted octanol–water partition coefficient (Wildman–Crippen LogP) is 2.90. The minimum atomic E-state index is -0.0319. The van der Waals surface area contributed by atoms with E-state index < -0.39 is 0 Å². The minimum absolute atomic E-state index is 0.0319. The molecule has 1 aromatic heterocycles. The van der Waals surface area contributed by atoms with Crippen molar-refractivity contribution in [1.82, 2.24) is 14.9 Å². The molecule has 0 aromatic carbocycles. The summed E-state index contributed by atoms with van der Waals surface area (Å²) >= 11 is 0. The van der Waals surface area contributed by atoms with Crippen molar-refractivity contribution in [1.29, 1.82) is 0 Å². The van der Waals surface area contributed by atoms with Gasteiger partial charge in [-0.2, -0.15) is 0 Å². The van der Waals surface area contributed by atoms with Gasteiger partial charge in [-0.1, -0.05) is 20.8 Å². The van der Waals surface area contributed by atoms with Crippen LogP contribution in [0.1, 0.15) is 63.3 Å². The van der Waals surface area contributed by atoms with Crippen LogP contribution < -0.4 is 5.32 Å². The van der Waals surface area contributed by atoms with Crippen LogP contribution in [0.3, 0.4) is 0 Å². The van der Waals surface area contributed by atoms with Gasteiger partial charge in [-0.15, -0.1) is 0 Å². The second kappa shape index (κ2) is 7.22. The molecule has 5 nitrogen and oxygen atoms in total. The highest BCUT2D eigenvalue weighted by molar-refractivity contribution is 5.97. The number of carbonyl (C=O) groups is 1. The first-order chi connectivity index (χ1) is 9.42. The van der Waals surface area contributed by atoms with Gasteiger partial charge in [-0.05, 0) is 20.3 Å². The molecular formula is C15H26N4O. The molecule has 0 bridgehead atoms. The van der Waals surface area contributed by atoms with Crippen molar-refractivity contribution in [3.63, 3.8) is 0 Å². The molecule has 0 radical (unpaired) electrons. The summed E-state index contributed by atoms with van der Waals surface area (Å²) in [5.74, 6) is 0.870. The van der Waals surface area contributed by atoms with E-state index in [1.54, 1.807) is 13.2 Å². The summed E-state index contributed by atoms with van der Waals surface area (Å²) < 4.78 is 0. The second-order valence-corrected chi connectivity index (χ2v) is 5.49. The van der Waals surface area contributed by atoms with Crippen LogP contribution in [-0.4, -0.2) is 40.4 Å². The molecule has 0 atom stereocenters. The highest BCUT2D eigenvalue weighted by Gasteiger charge is 2.23. The fraction of sp³-hybridized carbons (Fsp3) is 0.667. The number of nitrogens with one attached hydrogen (secondary N) is 1. The van der Waals surface area contributed by atoms with Crippen molar-refractivity contribution in [2.24, 2.45) is 0 Å². The first-order valence-corrected chi connectivity index (χ1v) is 7.28. The average Bonchev–Trinajstić information content (AvgIpc) is 2.42. The van der Waals surface area contributed by atoms with Crippen molar-refractivity contribution in [2.45, 2.75) is 53.0 Å². The Bertz CT molecular complexity index is 457. The molecule has 1 amide bonds. The Kier molecular flexibility index (Phi) is 5.92. The van der Waals surface area contributed by atoms with E-state index in [2.05, 4.69) is 22.2 Å². The van der Waals surface area contributed by atoms with Crippen LogP contribution in [0.5, 0.6) is 0 Å². The van der Waals surface area contributed by atoms with E-state index in [0.29, 0.717) is 17.2 Å². The Balaban J connectivity index is 3.20. The zero-order valence-corrected chi connectivity index (χ0v) is 13.4. The number of carbonyl (C=O) groups excluding carboxylic acids is 1. The molecule has 0 fully saturated rings. The molecule has 20 heavy (non-hydrogen) atoms. The second-order valence-electron chi connectivity index (χ2n) is 5.49. The largest absolute Gasteiger partial charge is 0.385 e. The minimum Gasteiger partial charge on any atom is -0.385 e. The quantitative estimate of drug-likeness (QED) is 0.869. The lowest BCUT2D eigenvalue weighted by atomic mass is 10.2. The molecule has 0 saturated heterocycles. The maximum atomic E-state index is 12.7. The Morgan fingerprint density at radius 1 is 1.35 bits per heavy atom. The molecule has 0 aliphatic carbocycles. The number of anilines is 1. The summed E-state index contributed by atoms with van der Waals surface area (Å²) in [7, 11) is 1.78. The number of hydrogen-bond acceptors (Lipinski definition) is 4. The molecule has 0 spiro atoms. The lowest BCUT2D eigenvalue weighted by Crippen LogP contribution is -2.38. The van der Waals surface area contributed by atoms with E-state index in [4.69, 9.17) is 0 Å². The zero-order chi connectivity index (χ0) is 15.3. The molecule has 0 aliphatic heterocycles. The third kappa shape index (κ3) is 3.68. The van der Waals surface area contributed by atoms with Crippen LogP contribution in [0.15, 0.2) is 6.20 Å². The van der Waals surface area contributed by atoms with Gasteiger partial charge in [0.2, 0.25) is 0 Å². The zero-order valence-electron chi connectivity index (χ0n) is 13.4. The number of aromatic nitrogens is 2. The summed E-state index contributed by atoms with van der Waals surface area (Å²) in [6.07, 6.45) is 2.63. The van der Waals surface area contributed by atoms with Crippen molar-refractivity contribution in [3.8, 4) is 0 Å². The third-order valence-corrected chi connectivity index (χ3v) is 3.14. The van der Waals surface area contributed by atoms with Gasteiger partial charge in [-0.3, -0.25) is 4.79 Å². The summed E-state index contributed by atoms with van der Waals surface area (Å²) in [6.45, 7) is 10.9.